The highest BCUT2D eigenvalue weighted by Crippen LogP contribution is 2.29. The largest absolute Gasteiger partial charge is 0.369 e. The van der Waals surface area contributed by atoms with E-state index in [1.807, 2.05) is 31.2 Å². The SMILES string of the molecule is Cc1ccc(NC(=O)c2sccc2S(=O)(=O)N2CCN(c3cc(C)ccc3C)CC2)cc1. The van der Waals surface area contributed by atoms with Gasteiger partial charge in [-0.3, -0.25) is 4.79 Å². The summed E-state index contributed by atoms with van der Waals surface area (Å²) < 4.78 is 28.2. The van der Waals surface area contributed by atoms with Gasteiger partial charge >= 0.3 is 0 Å². The lowest BCUT2D eigenvalue weighted by molar-refractivity contribution is 0.102. The van der Waals surface area contributed by atoms with Crippen LogP contribution in [0.3, 0.4) is 0 Å². The normalized spacial score (nSPS) is 15.0. The van der Waals surface area contributed by atoms with Crippen molar-refractivity contribution in [2.45, 2.75) is 25.7 Å². The molecule has 3 aromatic rings. The molecule has 8 heteroatoms. The van der Waals surface area contributed by atoms with Crippen LogP contribution in [0.1, 0.15) is 26.4 Å². The summed E-state index contributed by atoms with van der Waals surface area (Å²) in [5.74, 6) is -0.406. The molecular formula is C24H27N3O3S2. The fourth-order valence-corrected chi connectivity index (χ4v) is 6.58. The van der Waals surface area contributed by atoms with E-state index in [-0.39, 0.29) is 9.77 Å². The predicted molar refractivity (Wildman–Crippen MR) is 130 cm³/mol. The monoisotopic (exact) mass is 469 g/mol. The van der Waals surface area contributed by atoms with Crippen molar-refractivity contribution >= 4 is 38.6 Å². The second-order valence-electron chi connectivity index (χ2n) is 8.12. The van der Waals surface area contributed by atoms with Gasteiger partial charge in [-0.1, -0.05) is 29.8 Å². The number of nitrogens with zero attached hydrogens (tertiary/aromatic N) is 2. The Kier molecular flexibility index (Phi) is 6.37. The first-order valence-corrected chi connectivity index (χ1v) is 12.9. The van der Waals surface area contributed by atoms with Crippen LogP contribution >= 0.6 is 11.3 Å². The molecule has 6 nitrogen and oxygen atoms in total. The number of carbonyl (C=O) groups is 1. The maximum absolute atomic E-state index is 13.4. The molecule has 1 aliphatic heterocycles. The minimum absolute atomic E-state index is 0.0762. The molecular weight excluding hydrogens is 442 g/mol. The number of sulfonamides is 1. The van der Waals surface area contributed by atoms with Crippen LogP contribution in [0.25, 0.3) is 0 Å². The van der Waals surface area contributed by atoms with E-state index >= 15 is 0 Å². The lowest BCUT2D eigenvalue weighted by Crippen LogP contribution is -2.49. The van der Waals surface area contributed by atoms with Crippen LogP contribution in [0.5, 0.6) is 0 Å². The Bertz CT molecular complexity index is 1230. The molecule has 1 amide bonds. The van der Waals surface area contributed by atoms with Crippen LogP contribution in [0.4, 0.5) is 11.4 Å². The highest BCUT2D eigenvalue weighted by atomic mass is 32.2. The Balaban J connectivity index is 1.49. The Morgan fingerprint density at radius 1 is 0.906 bits per heavy atom. The zero-order chi connectivity index (χ0) is 22.9. The minimum atomic E-state index is -3.76. The van der Waals surface area contributed by atoms with Gasteiger partial charge in [-0.2, -0.15) is 4.31 Å². The lowest BCUT2D eigenvalue weighted by Gasteiger charge is -2.36. The van der Waals surface area contributed by atoms with Crippen molar-refractivity contribution in [2.75, 3.05) is 36.4 Å². The first kappa shape index (κ1) is 22.5. The smallest absolute Gasteiger partial charge is 0.267 e. The van der Waals surface area contributed by atoms with E-state index in [9.17, 15) is 13.2 Å². The summed E-state index contributed by atoms with van der Waals surface area (Å²) in [5.41, 5.74) is 5.24. The standard InChI is InChI=1S/C24H27N3O3S2/c1-17-5-8-20(9-6-17)25-24(28)23-22(10-15-31-23)32(29,30)27-13-11-26(12-14-27)21-16-18(2)4-7-19(21)3/h4-10,15-16H,11-14H2,1-3H3,(H,25,28). The van der Waals surface area contributed by atoms with Crippen LogP contribution in [-0.4, -0.2) is 44.8 Å². The van der Waals surface area contributed by atoms with Crippen molar-refractivity contribution in [2.24, 2.45) is 0 Å². The number of anilines is 2. The second kappa shape index (κ2) is 9.05. The number of hydrogen-bond donors (Lipinski definition) is 1. The Labute approximate surface area is 193 Å². The van der Waals surface area contributed by atoms with Gasteiger partial charge in [0.15, 0.2) is 0 Å². The highest BCUT2D eigenvalue weighted by Gasteiger charge is 2.33. The molecule has 1 aromatic heterocycles. The van der Waals surface area contributed by atoms with Gasteiger partial charge < -0.3 is 10.2 Å². The van der Waals surface area contributed by atoms with E-state index in [1.54, 1.807) is 5.38 Å². The Morgan fingerprint density at radius 3 is 2.25 bits per heavy atom. The molecule has 1 N–H and O–H groups in total. The van der Waals surface area contributed by atoms with Gasteiger partial charge in [0.1, 0.15) is 9.77 Å². The zero-order valence-corrected chi connectivity index (χ0v) is 20.1. The summed E-state index contributed by atoms with van der Waals surface area (Å²) in [6, 6.07) is 15.3. The lowest BCUT2D eigenvalue weighted by atomic mass is 10.1. The summed E-state index contributed by atoms with van der Waals surface area (Å²) in [5, 5.41) is 4.46. The van der Waals surface area contributed by atoms with Gasteiger partial charge in [0.25, 0.3) is 5.91 Å². The van der Waals surface area contributed by atoms with E-state index < -0.39 is 15.9 Å². The number of thiophene rings is 1. The first-order valence-electron chi connectivity index (χ1n) is 10.5. The molecule has 0 unspecified atom stereocenters. The molecule has 1 aliphatic rings. The number of nitrogens with one attached hydrogen (secondary N) is 1. The summed E-state index contributed by atoms with van der Waals surface area (Å²) >= 11 is 1.14. The van der Waals surface area contributed by atoms with Crippen molar-refractivity contribution in [3.63, 3.8) is 0 Å². The van der Waals surface area contributed by atoms with E-state index in [0.717, 1.165) is 22.6 Å². The molecule has 0 saturated carbocycles. The second-order valence-corrected chi connectivity index (χ2v) is 10.9. The van der Waals surface area contributed by atoms with E-state index in [1.165, 1.54) is 21.5 Å². The fourth-order valence-electron chi connectivity index (χ4n) is 3.86. The summed E-state index contributed by atoms with van der Waals surface area (Å²) in [7, 11) is -3.76. The van der Waals surface area contributed by atoms with Gasteiger partial charge in [0.2, 0.25) is 10.0 Å². The topological polar surface area (TPSA) is 69.7 Å². The summed E-state index contributed by atoms with van der Waals surface area (Å²) in [6.07, 6.45) is 0. The van der Waals surface area contributed by atoms with E-state index in [2.05, 4.69) is 42.3 Å². The predicted octanol–water partition coefficient (Wildman–Crippen LogP) is 4.44. The van der Waals surface area contributed by atoms with Crippen molar-refractivity contribution in [1.29, 1.82) is 0 Å². The van der Waals surface area contributed by atoms with Crippen LogP contribution in [-0.2, 0) is 10.0 Å². The van der Waals surface area contributed by atoms with Crippen molar-refractivity contribution in [3.05, 3.63) is 75.5 Å². The number of benzene rings is 2. The first-order chi connectivity index (χ1) is 15.3. The Morgan fingerprint density at radius 2 is 1.56 bits per heavy atom. The van der Waals surface area contributed by atoms with Gasteiger partial charge in [0.05, 0.1) is 0 Å². The molecule has 0 aliphatic carbocycles. The average Bonchev–Trinajstić information content (AvgIpc) is 3.28. The molecule has 168 valence electrons. The van der Waals surface area contributed by atoms with Crippen molar-refractivity contribution in [1.82, 2.24) is 4.31 Å². The van der Waals surface area contributed by atoms with Gasteiger partial charge in [-0.05, 0) is 61.5 Å². The van der Waals surface area contributed by atoms with Crippen molar-refractivity contribution < 1.29 is 13.2 Å². The number of aryl methyl sites for hydroxylation is 3. The van der Waals surface area contributed by atoms with Crippen LogP contribution in [0, 0.1) is 20.8 Å². The highest BCUT2D eigenvalue weighted by molar-refractivity contribution is 7.89. The number of hydrogen-bond acceptors (Lipinski definition) is 5. The van der Waals surface area contributed by atoms with Gasteiger partial charge in [-0.25, -0.2) is 8.42 Å². The molecule has 32 heavy (non-hydrogen) atoms. The van der Waals surface area contributed by atoms with Crippen LogP contribution in [0.15, 0.2) is 58.8 Å². The van der Waals surface area contributed by atoms with Crippen LogP contribution < -0.4 is 10.2 Å². The third-order valence-corrected chi connectivity index (χ3v) is 8.69. The fraction of sp³-hybridized carbons (Fsp3) is 0.292. The van der Waals surface area contributed by atoms with E-state index in [4.69, 9.17) is 0 Å². The summed E-state index contributed by atoms with van der Waals surface area (Å²) in [4.78, 5) is 15.3. The molecule has 0 spiro atoms. The van der Waals surface area contributed by atoms with Gasteiger partial charge in [-0.15, -0.1) is 11.3 Å². The average molecular weight is 470 g/mol. The summed E-state index contributed by atoms with van der Waals surface area (Å²) in [6.45, 7) is 8.08. The Hall–Kier alpha value is -2.68. The maximum atomic E-state index is 13.4. The van der Waals surface area contributed by atoms with E-state index in [0.29, 0.717) is 31.9 Å². The molecule has 0 radical (unpaired) electrons. The molecule has 4 rings (SSSR count). The number of carbonyl (C=O) groups excluding carboxylic acids is 1. The molecule has 2 heterocycles. The number of rotatable bonds is 5. The van der Waals surface area contributed by atoms with Crippen molar-refractivity contribution in [3.8, 4) is 0 Å². The number of amides is 1. The third kappa shape index (κ3) is 4.57. The molecule has 2 aromatic carbocycles. The molecule has 0 bridgehead atoms. The molecule has 0 atom stereocenters. The maximum Gasteiger partial charge on any atom is 0.267 e. The van der Waals surface area contributed by atoms with Crippen LogP contribution in [0.2, 0.25) is 0 Å². The quantitative estimate of drug-likeness (QED) is 0.600. The zero-order valence-electron chi connectivity index (χ0n) is 18.5. The van der Waals surface area contributed by atoms with Gasteiger partial charge in [0, 0.05) is 37.6 Å². The molecule has 1 fully saturated rings. The molecule has 1 saturated heterocycles. The third-order valence-electron chi connectivity index (χ3n) is 5.71. The number of piperazine rings is 1. The minimum Gasteiger partial charge on any atom is -0.369 e.